The van der Waals surface area contributed by atoms with Crippen LogP contribution in [-0.2, 0) is 0 Å². The molecule has 0 unspecified atom stereocenters. The van der Waals surface area contributed by atoms with Gasteiger partial charge in [-0.05, 0) is 43.9 Å². The van der Waals surface area contributed by atoms with Crippen molar-refractivity contribution in [1.82, 2.24) is 0 Å². The molecule has 2 aliphatic rings. The Bertz CT molecular complexity index is 463. The molecule has 3 rings (SSSR count). The summed E-state index contributed by atoms with van der Waals surface area (Å²) in [6.07, 6.45) is 6.76. The van der Waals surface area contributed by atoms with Crippen LogP contribution in [0.15, 0.2) is 22.7 Å². The molecular formula is C14H16BrNO. The molecule has 0 atom stereocenters. The van der Waals surface area contributed by atoms with E-state index >= 15 is 0 Å². The zero-order chi connectivity index (χ0) is 11.9. The van der Waals surface area contributed by atoms with Gasteiger partial charge in [0.25, 0.3) is 0 Å². The summed E-state index contributed by atoms with van der Waals surface area (Å²) in [6, 6.07) is 5.98. The number of fused-ring (bicyclic) bond motifs is 1. The largest absolute Gasteiger partial charge is 0.486 e. The van der Waals surface area contributed by atoms with E-state index in [-0.39, 0.29) is 5.60 Å². The van der Waals surface area contributed by atoms with Crippen LogP contribution in [0.5, 0.6) is 5.75 Å². The topological polar surface area (TPSA) is 33.1 Å². The molecule has 1 heterocycles. The lowest BCUT2D eigenvalue weighted by atomic mass is 9.78. The Labute approximate surface area is 110 Å². The average Bonchev–Trinajstić information content (AvgIpc) is 2.31. The van der Waals surface area contributed by atoms with Crippen LogP contribution in [-0.4, -0.2) is 11.3 Å². The summed E-state index contributed by atoms with van der Waals surface area (Å²) in [5, 5.41) is 8.23. The van der Waals surface area contributed by atoms with Gasteiger partial charge in [-0.1, -0.05) is 22.4 Å². The van der Waals surface area contributed by atoms with Gasteiger partial charge in [0.2, 0.25) is 0 Å². The van der Waals surface area contributed by atoms with E-state index in [1.54, 1.807) is 0 Å². The van der Waals surface area contributed by atoms with Gasteiger partial charge in [0.05, 0.1) is 0 Å². The van der Waals surface area contributed by atoms with Crippen molar-refractivity contribution in [2.24, 2.45) is 0 Å². The molecule has 1 saturated carbocycles. The summed E-state index contributed by atoms with van der Waals surface area (Å²) < 4.78 is 7.24. The summed E-state index contributed by atoms with van der Waals surface area (Å²) in [6.45, 7) is 0. The Hall–Kier alpha value is -0.830. The lowest BCUT2D eigenvalue weighted by Crippen LogP contribution is -2.43. The molecular weight excluding hydrogens is 278 g/mol. The third-order valence-corrected chi connectivity index (χ3v) is 4.35. The predicted molar refractivity (Wildman–Crippen MR) is 72.0 cm³/mol. The maximum Gasteiger partial charge on any atom is 0.129 e. The molecule has 1 aromatic carbocycles. The van der Waals surface area contributed by atoms with E-state index in [9.17, 15) is 0 Å². The second-order valence-corrected chi connectivity index (χ2v) is 6.06. The van der Waals surface area contributed by atoms with Crippen LogP contribution in [0.25, 0.3) is 0 Å². The highest BCUT2D eigenvalue weighted by atomic mass is 79.9. The van der Waals surface area contributed by atoms with Gasteiger partial charge in [-0.2, -0.15) is 0 Å². The zero-order valence-corrected chi connectivity index (χ0v) is 11.3. The highest BCUT2D eigenvalue weighted by molar-refractivity contribution is 9.10. The number of rotatable bonds is 0. The molecule has 1 aliphatic heterocycles. The van der Waals surface area contributed by atoms with Crippen LogP contribution in [0.2, 0.25) is 0 Å². The van der Waals surface area contributed by atoms with E-state index < -0.39 is 0 Å². The molecule has 0 aromatic heterocycles. The number of benzene rings is 1. The van der Waals surface area contributed by atoms with Crippen molar-refractivity contribution in [2.45, 2.75) is 44.1 Å². The summed E-state index contributed by atoms with van der Waals surface area (Å²) in [5.74, 6) is 0.895. The number of hydrogen-bond donors (Lipinski definition) is 1. The number of ether oxygens (including phenoxy) is 1. The molecule has 1 spiro atoms. The molecule has 90 valence electrons. The Kier molecular flexibility index (Phi) is 2.74. The van der Waals surface area contributed by atoms with Crippen molar-refractivity contribution < 1.29 is 4.74 Å². The quantitative estimate of drug-likeness (QED) is 0.760. The van der Waals surface area contributed by atoms with Gasteiger partial charge < -0.3 is 10.1 Å². The van der Waals surface area contributed by atoms with Crippen molar-refractivity contribution in [1.29, 1.82) is 5.41 Å². The van der Waals surface area contributed by atoms with E-state index in [4.69, 9.17) is 10.1 Å². The number of halogens is 1. The minimum atomic E-state index is -0.0733. The highest BCUT2D eigenvalue weighted by Crippen LogP contribution is 2.42. The van der Waals surface area contributed by atoms with E-state index in [1.165, 1.54) is 19.3 Å². The van der Waals surface area contributed by atoms with Gasteiger partial charge in [-0.25, -0.2) is 0 Å². The average molecular weight is 294 g/mol. The molecule has 2 nitrogen and oxygen atoms in total. The predicted octanol–water partition coefficient (Wildman–Crippen LogP) is 4.30. The van der Waals surface area contributed by atoms with E-state index in [1.807, 2.05) is 18.2 Å². The van der Waals surface area contributed by atoms with Gasteiger partial charge in [0, 0.05) is 22.2 Å². The van der Waals surface area contributed by atoms with E-state index in [0.29, 0.717) is 0 Å². The third kappa shape index (κ3) is 2.01. The maximum absolute atomic E-state index is 8.23. The van der Waals surface area contributed by atoms with Crippen LogP contribution in [0.4, 0.5) is 0 Å². The van der Waals surface area contributed by atoms with Crippen molar-refractivity contribution in [2.75, 3.05) is 0 Å². The van der Waals surface area contributed by atoms with Crippen LogP contribution in [0.3, 0.4) is 0 Å². The number of nitrogens with one attached hydrogen (secondary N) is 1. The van der Waals surface area contributed by atoms with Gasteiger partial charge >= 0.3 is 0 Å². The van der Waals surface area contributed by atoms with Gasteiger partial charge in [-0.15, -0.1) is 0 Å². The smallest absolute Gasteiger partial charge is 0.129 e. The van der Waals surface area contributed by atoms with E-state index in [0.717, 1.165) is 40.8 Å². The van der Waals surface area contributed by atoms with Crippen LogP contribution < -0.4 is 4.74 Å². The molecule has 0 saturated heterocycles. The fraction of sp³-hybridized carbons (Fsp3) is 0.500. The first kappa shape index (κ1) is 11.3. The lowest BCUT2D eigenvalue weighted by molar-refractivity contribution is 0.0320. The van der Waals surface area contributed by atoms with Crippen molar-refractivity contribution in [3.05, 3.63) is 28.2 Å². The first-order valence-corrected chi connectivity index (χ1v) is 7.04. The minimum Gasteiger partial charge on any atom is -0.486 e. The molecule has 3 heteroatoms. The molecule has 1 aliphatic carbocycles. The van der Waals surface area contributed by atoms with Gasteiger partial charge in [-0.3, -0.25) is 0 Å². The second-order valence-electron chi connectivity index (χ2n) is 5.14. The fourth-order valence-corrected chi connectivity index (χ4v) is 3.35. The molecule has 1 fully saturated rings. The Balaban J connectivity index is 1.97. The third-order valence-electron chi connectivity index (χ3n) is 3.86. The SMILES string of the molecule is N=C1CC2(CCCCC2)Oc2ccc(Br)cc21. The van der Waals surface area contributed by atoms with Crippen LogP contribution in [0, 0.1) is 5.41 Å². The Morgan fingerprint density at radius 3 is 2.71 bits per heavy atom. The second kappa shape index (κ2) is 4.13. The Morgan fingerprint density at radius 2 is 1.94 bits per heavy atom. The van der Waals surface area contributed by atoms with Gasteiger partial charge in [0.15, 0.2) is 0 Å². The molecule has 0 bridgehead atoms. The first-order valence-electron chi connectivity index (χ1n) is 6.25. The van der Waals surface area contributed by atoms with Crippen molar-refractivity contribution in [3.63, 3.8) is 0 Å². The summed E-state index contributed by atoms with van der Waals surface area (Å²) in [4.78, 5) is 0. The minimum absolute atomic E-state index is 0.0733. The normalized spacial score (nSPS) is 22.1. The monoisotopic (exact) mass is 293 g/mol. The molecule has 1 N–H and O–H groups in total. The Morgan fingerprint density at radius 1 is 1.18 bits per heavy atom. The molecule has 1 aromatic rings. The highest BCUT2D eigenvalue weighted by Gasteiger charge is 2.39. The van der Waals surface area contributed by atoms with E-state index in [2.05, 4.69) is 15.9 Å². The van der Waals surface area contributed by atoms with Gasteiger partial charge in [0.1, 0.15) is 11.4 Å². The maximum atomic E-state index is 8.23. The summed E-state index contributed by atoms with van der Waals surface area (Å²) >= 11 is 3.45. The molecule has 0 amide bonds. The van der Waals surface area contributed by atoms with Crippen molar-refractivity contribution >= 4 is 21.6 Å². The fourth-order valence-electron chi connectivity index (χ4n) is 2.99. The summed E-state index contributed by atoms with van der Waals surface area (Å²) in [7, 11) is 0. The molecule has 17 heavy (non-hydrogen) atoms. The van der Waals surface area contributed by atoms with Crippen LogP contribution >= 0.6 is 15.9 Å². The molecule has 0 radical (unpaired) electrons. The number of hydrogen-bond acceptors (Lipinski definition) is 2. The van der Waals surface area contributed by atoms with Crippen LogP contribution in [0.1, 0.15) is 44.1 Å². The first-order chi connectivity index (χ1) is 8.19. The van der Waals surface area contributed by atoms with Crippen molar-refractivity contribution in [3.8, 4) is 5.75 Å². The summed E-state index contributed by atoms with van der Waals surface area (Å²) in [5.41, 5.74) is 1.61. The lowest BCUT2D eigenvalue weighted by Gasteiger charge is -2.41. The standard InChI is InChI=1S/C14H16BrNO/c15-10-4-5-13-11(8-10)12(16)9-14(17-13)6-2-1-3-7-14/h4-5,8,16H,1-3,6-7,9H2. The zero-order valence-electron chi connectivity index (χ0n) is 9.76.